The molecule has 5 nitrogen and oxygen atoms in total. The van der Waals surface area contributed by atoms with Gasteiger partial charge in [0.2, 0.25) is 5.88 Å². The van der Waals surface area contributed by atoms with Crippen LogP contribution >= 0.6 is 0 Å². The molecule has 0 aliphatic heterocycles. The molecule has 0 unspecified atom stereocenters. The van der Waals surface area contributed by atoms with Crippen LogP contribution in [0.5, 0.6) is 5.88 Å². The van der Waals surface area contributed by atoms with Crippen molar-refractivity contribution in [3.05, 3.63) is 72.1 Å². The summed E-state index contributed by atoms with van der Waals surface area (Å²) in [6, 6.07) is 15.7. The topological polar surface area (TPSA) is 49.2 Å². The molecular weight excluding hydrogens is 278 g/mol. The van der Waals surface area contributed by atoms with E-state index in [0.29, 0.717) is 24.9 Å². The minimum Gasteiger partial charge on any atom is -0.473 e. The average Bonchev–Trinajstić information content (AvgIpc) is 3.03. The number of pyridine rings is 1. The van der Waals surface area contributed by atoms with E-state index in [1.54, 1.807) is 24.2 Å². The van der Waals surface area contributed by atoms with Crippen LogP contribution in [0.15, 0.2) is 60.9 Å². The van der Waals surface area contributed by atoms with E-state index in [2.05, 4.69) is 10.1 Å². The standard InChI is InChI=1S/C17H17N3O2/c1-21-12-15-7-9-18-16(11-15)20-17(8-10-19-20)22-13-14-5-3-2-4-6-14/h2-11H,12-13H2,1H3. The molecule has 0 amide bonds. The number of nitrogens with zero attached hydrogens (tertiary/aromatic N) is 3. The molecule has 0 bridgehead atoms. The lowest BCUT2D eigenvalue weighted by Crippen LogP contribution is -2.05. The summed E-state index contributed by atoms with van der Waals surface area (Å²) in [5.74, 6) is 1.37. The van der Waals surface area contributed by atoms with E-state index in [0.717, 1.165) is 11.1 Å². The Hall–Kier alpha value is -2.66. The van der Waals surface area contributed by atoms with Gasteiger partial charge < -0.3 is 9.47 Å². The maximum atomic E-state index is 5.85. The number of ether oxygens (including phenoxy) is 2. The third kappa shape index (κ3) is 3.32. The molecule has 0 radical (unpaired) electrons. The second kappa shape index (κ2) is 6.87. The Balaban J connectivity index is 1.78. The van der Waals surface area contributed by atoms with E-state index in [1.807, 2.05) is 48.5 Å². The highest BCUT2D eigenvalue weighted by atomic mass is 16.5. The lowest BCUT2D eigenvalue weighted by molar-refractivity contribution is 0.185. The maximum absolute atomic E-state index is 5.85. The zero-order chi connectivity index (χ0) is 15.2. The first-order chi connectivity index (χ1) is 10.9. The molecule has 0 fully saturated rings. The minimum atomic E-state index is 0.490. The smallest absolute Gasteiger partial charge is 0.218 e. The Labute approximate surface area is 129 Å². The normalized spacial score (nSPS) is 10.6. The molecule has 0 saturated carbocycles. The Bertz CT molecular complexity index is 726. The van der Waals surface area contributed by atoms with Crippen LogP contribution in [-0.2, 0) is 18.0 Å². The monoisotopic (exact) mass is 295 g/mol. The Morgan fingerprint density at radius 1 is 0.955 bits per heavy atom. The molecule has 0 aliphatic rings. The van der Waals surface area contributed by atoms with Crippen LogP contribution in [0.25, 0.3) is 5.82 Å². The average molecular weight is 295 g/mol. The van der Waals surface area contributed by atoms with Crippen LogP contribution in [-0.4, -0.2) is 21.9 Å². The summed E-state index contributed by atoms with van der Waals surface area (Å²) in [6.45, 7) is 1.03. The van der Waals surface area contributed by atoms with Crippen molar-refractivity contribution >= 4 is 0 Å². The van der Waals surface area contributed by atoms with Crippen molar-refractivity contribution in [2.75, 3.05) is 7.11 Å². The van der Waals surface area contributed by atoms with Crippen molar-refractivity contribution in [1.82, 2.24) is 14.8 Å². The largest absolute Gasteiger partial charge is 0.473 e. The van der Waals surface area contributed by atoms with E-state index in [-0.39, 0.29) is 0 Å². The summed E-state index contributed by atoms with van der Waals surface area (Å²) in [7, 11) is 1.67. The van der Waals surface area contributed by atoms with Gasteiger partial charge in [0.15, 0.2) is 5.82 Å². The molecular formula is C17H17N3O2. The number of hydrogen-bond donors (Lipinski definition) is 0. The lowest BCUT2D eigenvalue weighted by Gasteiger charge is -2.09. The first-order valence-electron chi connectivity index (χ1n) is 7.02. The quantitative estimate of drug-likeness (QED) is 0.701. The fourth-order valence-corrected chi connectivity index (χ4v) is 2.14. The lowest BCUT2D eigenvalue weighted by atomic mass is 10.2. The van der Waals surface area contributed by atoms with Gasteiger partial charge in [-0.05, 0) is 23.3 Å². The van der Waals surface area contributed by atoms with Crippen molar-refractivity contribution in [2.24, 2.45) is 0 Å². The van der Waals surface area contributed by atoms with Crippen molar-refractivity contribution < 1.29 is 9.47 Å². The highest BCUT2D eigenvalue weighted by Crippen LogP contribution is 2.17. The third-order valence-corrected chi connectivity index (χ3v) is 3.18. The van der Waals surface area contributed by atoms with Crippen LogP contribution in [0, 0.1) is 0 Å². The predicted molar refractivity (Wildman–Crippen MR) is 82.8 cm³/mol. The molecule has 2 aromatic heterocycles. The second-order valence-electron chi connectivity index (χ2n) is 4.81. The van der Waals surface area contributed by atoms with E-state index >= 15 is 0 Å². The maximum Gasteiger partial charge on any atom is 0.218 e. The zero-order valence-electron chi connectivity index (χ0n) is 12.3. The molecule has 112 valence electrons. The SMILES string of the molecule is COCc1ccnc(-n2nccc2OCc2ccccc2)c1. The van der Waals surface area contributed by atoms with Gasteiger partial charge in [0.05, 0.1) is 12.8 Å². The summed E-state index contributed by atoms with van der Waals surface area (Å²) in [5.41, 5.74) is 2.15. The van der Waals surface area contributed by atoms with Gasteiger partial charge in [0, 0.05) is 19.4 Å². The highest BCUT2D eigenvalue weighted by Gasteiger charge is 2.08. The number of benzene rings is 1. The Kier molecular flexibility index (Phi) is 4.46. The summed E-state index contributed by atoms with van der Waals surface area (Å²) in [6.07, 6.45) is 3.44. The van der Waals surface area contributed by atoms with Crippen LogP contribution in [0.4, 0.5) is 0 Å². The fraction of sp³-hybridized carbons (Fsp3) is 0.176. The van der Waals surface area contributed by atoms with Crippen LogP contribution in [0.2, 0.25) is 0 Å². The van der Waals surface area contributed by atoms with Crippen molar-refractivity contribution in [3.8, 4) is 11.7 Å². The van der Waals surface area contributed by atoms with Crippen LogP contribution < -0.4 is 4.74 Å². The van der Waals surface area contributed by atoms with Gasteiger partial charge in [0.1, 0.15) is 6.61 Å². The van der Waals surface area contributed by atoms with Gasteiger partial charge in [-0.25, -0.2) is 4.98 Å². The van der Waals surface area contributed by atoms with Gasteiger partial charge in [-0.2, -0.15) is 9.78 Å². The molecule has 22 heavy (non-hydrogen) atoms. The van der Waals surface area contributed by atoms with Gasteiger partial charge in [0.25, 0.3) is 0 Å². The summed E-state index contributed by atoms with van der Waals surface area (Å²) in [4.78, 5) is 4.34. The molecule has 2 heterocycles. The van der Waals surface area contributed by atoms with Crippen molar-refractivity contribution in [3.63, 3.8) is 0 Å². The van der Waals surface area contributed by atoms with E-state index in [9.17, 15) is 0 Å². The summed E-state index contributed by atoms with van der Waals surface area (Å²) in [5, 5.41) is 4.29. The number of methoxy groups -OCH3 is 1. The van der Waals surface area contributed by atoms with E-state index in [1.165, 1.54) is 0 Å². The zero-order valence-corrected chi connectivity index (χ0v) is 12.3. The number of rotatable bonds is 6. The second-order valence-corrected chi connectivity index (χ2v) is 4.81. The molecule has 3 aromatic rings. The van der Waals surface area contributed by atoms with Gasteiger partial charge in [-0.1, -0.05) is 30.3 Å². The van der Waals surface area contributed by atoms with Gasteiger partial charge in [-0.15, -0.1) is 0 Å². The number of aromatic nitrogens is 3. The molecule has 0 N–H and O–H groups in total. The number of hydrogen-bond acceptors (Lipinski definition) is 4. The molecule has 0 saturated heterocycles. The van der Waals surface area contributed by atoms with Crippen molar-refractivity contribution in [1.29, 1.82) is 0 Å². The molecule has 3 rings (SSSR count). The first-order valence-corrected chi connectivity index (χ1v) is 7.02. The molecule has 1 aromatic carbocycles. The van der Waals surface area contributed by atoms with E-state index in [4.69, 9.17) is 9.47 Å². The highest BCUT2D eigenvalue weighted by molar-refractivity contribution is 5.31. The molecule has 0 spiro atoms. The first kappa shape index (κ1) is 14.3. The van der Waals surface area contributed by atoms with Crippen molar-refractivity contribution in [2.45, 2.75) is 13.2 Å². The molecule has 0 atom stereocenters. The fourth-order valence-electron chi connectivity index (χ4n) is 2.14. The van der Waals surface area contributed by atoms with Crippen LogP contribution in [0.1, 0.15) is 11.1 Å². The summed E-state index contributed by atoms with van der Waals surface area (Å²) >= 11 is 0. The van der Waals surface area contributed by atoms with Gasteiger partial charge in [-0.3, -0.25) is 0 Å². The Morgan fingerprint density at radius 3 is 2.64 bits per heavy atom. The van der Waals surface area contributed by atoms with Crippen LogP contribution in [0.3, 0.4) is 0 Å². The third-order valence-electron chi connectivity index (χ3n) is 3.18. The van der Waals surface area contributed by atoms with Gasteiger partial charge >= 0.3 is 0 Å². The van der Waals surface area contributed by atoms with E-state index < -0.39 is 0 Å². The predicted octanol–water partition coefficient (Wildman–Crippen LogP) is 2.99. The summed E-state index contributed by atoms with van der Waals surface area (Å²) < 4.78 is 12.7. The Morgan fingerprint density at radius 2 is 1.82 bits per heavy atom. The minimum absolute atomic E-state index is 0.490. The molecule has 0 aliphatic carbocycles. The molecule has 5 heteroatoms.